The van der Waals surface area contributed by atoms with Gasteiger partial charge in [-0.25, -0.2) is 4.79 Å². The highest BCUT2D eigenvalue weighted by molar-refractivity contribution is 5.82. The zero-order valence-corrected chi connectivity index (χ0v) is 18.2. The van der Waals surface area contributed by atoms with E-state index in [0.29, 0.717) is 12.3 Å². The fraction of sp³-hybridized carbons (Fsp3) is 0.462. The molecule has 1 aliphatic carbocycles. The smallest absolute Gasteiger partial charge is 0.338 e. The lowest BCUT2D eigenvalue weighted by molar-refractivity contribution is -0.160. The number of rotatable bonds is 4. The average Bonchev–Trinajstić information content (AvgIpc) is 2.94. The number of cyclic esters (lactones) is 1. The summed E-state index contributed by atoms with van der Waals surface area (Å²) in [6.07, 6.45) is 7.28. The summed E-state index contributed by atoms with van der Waals surface area (Å²) in [6, 6.07) is 12.4. The molecule has 2 aliphatic rings. The maximum atomic E-state index is 12.4. The first-order valence-electron chi connectivity index (χ1n) is 11.0. The molecule has 4 heteroatoms. The van der Waals surface area contributed by atoms with Crippen molar-refractivity contribution in [2.75, 3.05) is 0 Å². The Kier molecular flexibility index (Phi) is 5.54. The number of fused-ring (bicyclic) bond motifs is 1. The second-order valence-electron chi connectivity index (χ2n) is 9.04. The Balaban J connectivity index is 1.61. The Bertz CT molecular complexity index is 951. The van der Waals surface area contributed by atoms with Crippen LogP contribution in [-0.4, -0.2) is 27.8 Å². The number of hydrogen-bond acceptors (Lipinski definition) is 4. The van der Waals surface area contributed by atoms with E-state index in [4.69, 9.17) is 4.74 Å². The highest BCUT2D eigenvalue weighted by atomic mass is 16.6. The van der Waals surface area contributed by atoms with E-state index in [1.807, 2.05) is 37.4 Å². The van der Waals surface area contributed by atoms with E-state index in [1.165, 1.54) is 11.1 Å². The lowest BCUT2D eigenvalue weighted by Gasteiger charge is -2.45. The number of benzene rings is 1. The number of aliphatic hydroxyl groups is 1. The summed E-state index contributed by atoms with van der Waals surface area (Å²) in [7, 11) is 0. The topological polar surface area (TPSA) is 59.4 Å². The van der Waals surface area contributed by atoms with Crippen molar-refractivity contribution in [2.24, 2.45) is 23.7 Å². The van der Waals surface area contributed by atoms with Crippen molar-refractivity contribution in [3.63, 3.8) is 0 Å². The first kappa shape index (κ1) is 20.8. The Morgan fingerprint density at radius 2 is 2.00 bits per heavy atom. The Labute approximate surface area is 179 Å². The highest BCUT2D eigenvalue weighted by Gasteiger charge is 2.62. The van der Waals surface area contributed by atoms with Crippen LogP contribution >= 0.6 is 0 Å². The molecule has 30 heavy (non-hydrogen) atoms. The molecule has 4 nitrogen and oxygen atoms in total. The molecule has 0 spiro atoms. The van der Waals surface area contributed by atoms with Gasteiger partial charge in [0.15, 0.2) is 5.60 Å². The average molecular weight is 406 g/mol. The number of allylic oxidation sites excluding steroid dienone is 1. The number of pyridine rings is 1. The van der Waals surface area contributed by atoms with Crippen molar-refractivity contribution in [1.82, 2.24) is 4.98 Å². The Morgan fingerprint density at radius 3 is 2.67 bits per heavy atom. The number of carbonyl (C=O) groups is 1. The van der Waals surface area contributed by atoms with Crippen molar-refractivity contribution in [1.29, 1.82) is 0 Å². The number of hydrogen-bond donors (Lipinski definition) is 1. The molecular formula is C26H31NO3. The van der Waals surface area contributed by atoms with Crippen LogP contribution in [0.5, 0.6) is 0 Å². The van der Waals surface area contributed by atoms with Gasteiger partial charge in [0.25, 0.3) is 0 Å². The van der Waals surface area contributed by atoms with Gasteiger partial charge in [-0.2, -0.15) is 0 Å². The number of ether oxygens (including phenoxy) is 1. The molecule has 2 aromatic rings. The molecule has 4 rings (SSSR count). The van der Waals surface area contributed by atoms with Gasteiger partial charge in [-0.1, -0.05) is 56.7 Å². The number of carbonyl (C=O) groups excluding carboxylic acids is 1. The molecule has 6 atom stereocenters. The molecule has 1 aromatic heterocycles. The summed E-state index contributed by atoms with van der Waals surface area (Å²) in [6.45, 7) is 8.32. The van der Waals surface area contributed by atoms with Gasteiger partial charge >= 0.3 is 5.97 Å². The Morgan fingerprint density at radius 1 is 1.23 bits per heavy atom. The predicted octanol–water partition coefficient (Wildman–Crippen LogP) is 5.05. The van der Waals surface area contributed by atoms with Gasteiger partial charge in [-0.3, -0.25) is 4.98 Å². The van der Waals surface area contributed by atoms with E-state index in [1.54, 1.807) is 0 Å². The predicted molar refractivity (Wildman–Crippen MR) is 118 cm³/mol. The zero-order valence-electron chi connectivity index (χ0n) is 18.2. The maximum Gasteiger partial charge on any atom is 0.338 e. The fourth-order valence-corrected chi connectivity index (χ4v) is 5.71. The molecule has 0 radical (unpaired) electrons. The molecule has 2 fully saturated rings. The van der Waals surface area contributed by atoms with E-state index >= 15 is 0 Å². The molecule has 1 saturated heterocycles. The fourth-order valence-electron chi connectivity index (χ4n) is 5.71. The van der Waals surface area contributed by atoms with Crippen LogP contribution in [0.4, 0.5) is 0 Å². The normalized spacial score (nSPS) is 33.5. The lowest BCUT2D eigenvalue weighted by Crippen LogP contribution is -2.53. The molecule has 0 unspecified atom stereocenters. The van der Waals surface area contributed by atoms with Gasteiger partial charge < -0.3 is 9.84 Å². The standard InChI is InChI=1S/C26H31NO3/c1-5-21-17(3)14-26(29)24(18(4)30-25(26)28)23(21)13-12-20-11-10-19(15-27-20)22-9-7-6-8-16(22)2/h6-13,15,17-18,21,23-24,29H,5,14H2,1-4H3/t17-,18+,21+,23-,24-,26-/m0/s1. The molecule has 1 saturated carbocycles. The minimum Gasteiger partial charge on any atom is -0.460 e. The monoisotopic (exact) mass is 405 g/mol. The van der Waals surface area contributed by atoms with Gasteiger partial charge in [0.05, 0.1) is 5.69 Å². The number of nitrogens with zero attached hydrogens (tertiary/aromatic N) is 1. The first-order chi connectivity index (χ1) is 14.3. The van der Waals surface area contributed by atoms with Crippen LogP contribution in [0.3, 0.4) is 0 Å². The lowest BCUT2D eigenvalue weighted by atomic mass is 9.59. The van der Waals surface area contributed by atoms with Crippen molar-refractivity contribution in [3.8, 4) is 11.1 Å². The largest absolute Gasteiger partial charge is 0.460 e. The van der Waals surface area contributed by atoms with Crippen LogP contribution < -0.4 is 0 Å². The molecule has 1 aromatic carbocycles. The van der Waals surface area contributed by atoms with E-state index in [-0.39, 0.29) is 23.9 Å². The van der Waals surface area contributed by atoms with Gasteiger partial charge in [0.1, 0.15) is 6.10 Å². The molecular weight excluding hydrogens is 374 g/mol. The minimum atomic E-state index is -1.37. The van der Waals surface area contributed by atoms with Crippen molar-refractivity contribution in [2.45, 2.75) is 52.2 Å². The van der Waals surface area contributed by atoms with Gasteiger partial charge in [0.2, 0.25) is 0 Å². The molecule has 0 amide bonds. The SMILES string of the molecule is CC[C@H]1[C@H](C=Cc2ccc(-c3ccccc3C)cn2)[C@@H]2[C@@H](C)OC(=O)[C@]2(O)C[C@@H]1C. The number of esters is 1. The summed E-state index contributed by atoms with van der Waals surface area (Å²) >= 11 is 0. The first-order valence-corrected chi connectivity index (χ1v) is 11.0. The number of aromatic nitrogens is 1. The second kappa shape index (κ2) is 7.99. The third-order valence-corrected chi connectivity index (χ3v) is 7.18. The van der Waals surface area contributed by atoms with Gasteiger partial charge in [-0.15, -0.1) is 0 Å². The van der Waals surface area contributed by atoms with Crippen LogP contribution in [0.2, 0.25) is 0 Å². The molecule has 2 heterocycles. The maximum absolute atomic E-state index is 12.4. The quantitative estimate of drug-likeness (QED) is 0.724. The van der Waals surface area contributed by atoms with Crippen molar-refractivity contribution < 1.29 is 14.6 Å². The minimum absolute atomic E-state index is 0.0723. The molecule has 0 bridgehead atoms. The van der Waals surface area contributed by atoms with E-state index in [0.717, 1.165) is 17.7 Å². The Hall–Kier alpha value is -2.46. The van der Waals surface area contributed by atoms with Crippen LogP contribution in [-0.2, 0) is 9.53 Å². The van der Waals surface area contributed by atoms with E-state index in [2.05, 4.69) is 50.0 Å². The summed E-state index contributed by atoms with van der Waals surface area (Å²) in [5, 5.41) is 11.2. The van der Waals surface area contributed by atoms with Crippen LogP contribution in [0.15, 0.2) is 48.7 Å². The number of aryl methyl sites for hydroxylation is 1. The molecule has 158 valence electrons. The van der Waals surface area contributed by atoms with E-state index in [9.17, 15) is 9.90 Å². The second-order valence-corrected chi connectivity index (χ2v) is 9.04. The summed E-state index contributed by atoms with van der Waals surface area (Å²) in [5.41, 5.74) is 3.02. The van der Waals surface area contributed by atoms with Gasteiger partial charge in [0, 0.05) is 17.7 Å². The summed E-state index contributed by atoms with van der Waals surface area (Å²) in [5.74, 6) is 0.0482. The van der Waals surface area contributed by atoms with Crippen LogP contribution in [0, 0.1) is 30.6 Å². The van der Waals surface area contributed by atoms with Crippen molar-refractivity contribution >= 4 is 12.0 Å². The highest BCUT2D eigenvalue weighted by Crippen LogP contribution is 2.52. The van der Waals surface area contributed by atoms with Crippen molar-refractivity contribution in [3.05, 3.63) is 59.9 Å². The third kappa shape index (κ3) is 3.47. The summed E-state index contributed by atoms with van der Waals surface area (Å²) < 4.78 is 5.47. The van der Waals surface area contributed by atoms with Crippen LogP contribution in [0.25, 0.3) is 17.2 Å². The van der Waals surface area contributed by atoms with Crippen LogP contribution in [0.1, 0.15) is 44.9 Å². The zero-order chi connectivity index (χ0) is 21.5. The van der Waals surface area contributed by atoms with Gasteiger partial charge in [-0.05, 0) is 61.3 Å². The van der Waals surface area contributed by atoms with E-state index < -0.39 is 11.6 Å². The summed E-state index contributed by atoms with van der Waals surface area (Å²) in [4.78, 5) is 17.0. The molecule has 1 N–H and O–H groups in total. The molecule has 1 aliphatic heterocycles. The third-order valence-electron chi connectivity index (χ3n) is 7.18.